The highest BCUT2D eigenvalue weighted by atomic mass is 19.1. The van der Waals surface area contributed by atoms with E-state index in [-0.39, 0.29) is 29.7 Å². The first-order valence-electron chi connectivity index (χ1n) is 11.4. The minimum Gasteiger partial charge on any atom is -0.448 e. The lowest BCUT2D eigenvalue weighted by atomic mass is 10.1. The van der Waals surface area contributed by atoms with E-state index < -0.39 is 0 Å². The molecule has 1 aliphatic rings. The number of fused-ring (bicyclic) bond motifs is 1. The molecule has 5 rings (SSSR count). The second kappa shape index (κ2) is 8.82. The van der Waals surface area contributed by atoms with Crippen LogP contribution < -0.4 is 0 Å². The van der Waals surface area contributed by atoms with Crippen LogP contribution in [0.25, 0.3) is 11.1 Å². The predicted octanol–water partition coefficient (Wildman–Crippen LogP) is 4.97. The SMILES string of the molecule is C[C@H](c1ccccc1)n1c(C(=O)N2CCN(C(=O)c3ccc(F)cc3)[C@@H](C)C2)cc2ccoc21. The van der Waals surface area contributed by atoms with Crippen LogP contribution >= 0.6 is 0 Å². The maximum atomic E-state index is 13.7. The van der Waals surface area contributed by atoms with Crippen LogP contribution in [0.3, 0.4) is 0 Å². The Balaban J connectivity index is 1.39. The van der Waals surface area contributed by atoms with Gasteiger partial charge in [0, 0.05) is 36.6 Å². The molecule has 0 spiro atoms. The van der Waals surface area contributed by atoms with E-state index in [1.807, 2.05) is 54.0 Å². The van der Waals surface area contributed by atoms with Crippen LogP contribution in [-0.2, 0) is 0 Å². The molecule has 2 atom stereocenters. The lowest BCUT2D eigenvalue weighted by molar-refractivity contribution is 0.0409. The van der Waals surface area contributed by atoms with Gasteiger partial charge in [-0.2, -0.15) is 0 Å². The minimum atomic E-state index is -0.376. The molecule has 174 valence electrons. The van der Waals surface area contributed by atoms with Crippen molar-refractivity contribution in [2.45, 2.75) is 25.9 Å². The molecule has 1 fully saturated rings. The van der Waals surface area contributed by atoms with Crippen molar-refractivity contribution in [2.24, 2.45) is 0 Å². The first-order chi connectivity index (χ1) is 16.4. The maximum Gasteiger partial charge on any atom is 0.270 e. The number of aromatic nitrogens is 1. The van der Waals surface area contributed by atoms with Crippen LogP contribution in [-0.4, -0.2) is 51.9 Å². The molecule has 2 aromatic heterocycles. The number of carbonyl (C=O) groups excluding carboxylic acids is 2. The largest absolute Gasteiger partial charge is 0.448 e. The zero-order valence-electron chi connectivity index (χ0n) is 19.1. The molecule has 0 aliphatic carbocycles. The van der Waals surface area contributed by atoms with E-state index in [9.17, 15) is 14.0 Å². The molecule has 3 heterocycles. The number of piperazine rings is 1. The second-order valence-corrected chi connectivity index (χ2v) is 8.77. The Kier molecular flexibility index (Phi) is 5.69. The second-order valence-electron chi connectivity index (χ2n) is 8.77. The van der Waals surface area contributed by atoms with Gasteiger partial charge in [0.2, 0.25) is 5.71 Å². The van der Waals surface area contributed by atoms with E-state index in [0.717, 1.165) is 10.9 Å². The number of rotatable bonds is 4. The highest BCUT2D eigenvalue weighted by Crippen LogP contribution is 2.30. The highest BCUT2D eigenvalue weighted by molar-refractivity contribution is 5.98. The smallest absolute Gasteiger partial charge is 0.270 e. The molecule has 1 aliphatic heterocycles. The number of furan rings is 1. The van der Waals surface area contributed by atoms with Gasteiger partial charge in [0.05, 0.1) is 12.3 Å². The summed E-state index contributed by atoms with van der Waals surface area (Å²) in [6.45, 7) is 5.23. The molecule has 34 heavy (non-hydrogen) atoms. The van der Waals surface area contributed by atoms with E-state index in [4.69, 9.17) is 4.42 Å². The molecule has 2 aromatic carbocycles. The van der Waals surface area contributed by atoms with Gasteiger partial charge in [0.25, 0.3) is 11.8 Å². The number of halogens is 1. The van der Waals surface area contributed by atoms with E-state index in [2.05, 4.69) is 6.92 Å². The summed E-state index contributed by atoms with van der Waals surface area (Å²) in [5, 5.41) is 0.879. The van der Waals surface area contributed by atoms with Gasteiger partial charge in [-0.3, -0.25) is 14.2 Å². The van der Waals surface area contributed by atoms with Gasteiger partial charge < -0.3 is 14.2 Å². The quantitative estimate of drug-likeness (QED) is 0.433. The molecule has 2 amide bonds. The van der Waals surface area contributed by atoms with Crippen LogP contribution in [0, 0.1) is 5.82 Å². The fraction of sp³-hybridized carbons (Fsp3) is 0.259. The minimum absolute atomic E-state index is 0.0880. The summed E-state index contributed by atoms with van der Waals surface area (Å²) in [6.07, 6.45) is 1.63. The Morgan fingerprint density at radius 2 is 1.74 bits per heavy atom. The molecule has 0 unspecified atom stereocenters. The van der Waals surface area contributed by atoms with Gasteiger partial charge >= 0.3 is 0 Å². The summed E-state index contributed by atoms with van der Waals surface area (Å²) in [5.41, 5.74) is 2.75. The number of benzene rings is 2. The first kappa shape index (κ1) is 21.9. The van der Waals surface area contributed by atoms with E-state index in [1.165, 1.54) is 24.3 Å². The molecular formula is C27H26FN3O3. The zero-order chi connectivity index (χ0) is 23.8. The fourth-order valence-corrected chi connectivity index (χ4v) is 4.74. The summed E-state index contributed by atoms with van der Waals surface area (Å²) in [6, 6.07) is 19.0. The Hall–Kier alpha value is -3.87. The van der Waals surface area contributed by atoms with Crippen LogP contribution in [0.4, 0.5) is 4.39 Å². The van der Waals surface area contributed by atoms with Gasteiger partial charge in [-0.05, 0) is 55.8 Å². The average molecular weight is 460 g/mol. The number of nitrogens with zero attached hydrogens (tertiary/aromatic N) is 3. The van der Waals surface area contributed by atoms with Crippen molar-refractivity contribution in [1.29, 1.82) is 0 Å². The van der Waals surface area contributed by atoms with Crippen molar-refractivity contribution in [3.63, 3.8) is 0 Å². The monoisotopic (exact) mass is 459 g/mol. The summed E-state index contributed by atoms with van der Waals surface area (Å²) in [5.74, 6) is -0.619. The lowest BCUT2D eigenvalue weighted by Gasteiger charge is -2.40. The third kappa shape index (κ3) is 3.87. The molecule has 6 nitrogen and oxygen atoms in total. The molecule has 4 aromatic rings. The van der Waals surface area contributed by atoms with Crippen molar-refractivity contribution >= 4 is 22.9 Å². The third-order valence-electron chi connectivity index (χ3n) is 6.60. The van der Waals surface area contributed by atoms with Crippen molar-refractivity contribution in [1.82, 2.24) is 14.4 Å². The number of amides is 2. The van der Waals surface area contributed by atoms with Gasteiger partial charge in [0.1, 0.15) is 11.5 Å². The number of hydrogen-bond donors (Lipinski definition) is 0. The van der Waals surface area contributed by atoms with Crippen LogP contribution in [0.1, 0.15) is 46.3 Å². The summed E-state index contributed by atoms with van der Waals surface area (Å²) >= 11 is 0. The molecule has 0 radical (unpaired) electrons. The summed E-state index contributed by atoms with van der Waals surface area (Å²) < 4.78 is 20.9. The van der Waals surface area contributed by atoms with Crippen molar-refractivity contribution in [2.75, 3.05) is 19.6 Å². The molecule has 0 bridgehead atoms. The Morgan fingerprint density at radius 3 is 2.44 bits per heavy atom. The molecule has 1 saturated heterocycles. The molecule has 7 heteroatoms. The standard InChI is InChI=1S/C27H26FN3O3/c1-18-17-29(13-14-30(18)25(32)21-8-10-23(28)11-9-21)26(33)24-16-22-12-15-34-27(22)31(24)19(2)20-6-4-3-5-7-20/h3-12,15-16,18-19H,13-14,17H2,1-2H3/t18-,19+/m0/s1. The van der Waals surface area contributed by atoms with E-state index in [1.54, 1.807) is 16.1 Å². The van der Waals surface area contributed by atoms with Gasteiger partial charge in [0.15, 0.2) is 0 Å². The van der Waals surface area contributed by atoms with Gasteiger partial charge in [-0.15, -0.1) is 0 Å². The normalized spacial score (nSPS) is 17.2. The topological polar surface area (TPSA) is 58.7 Å². The third-order valence-corrected chi connectivity index (χ3v) is 6.60. The summed E-state index contributed by atoms with van der Waals surface area (Å²) in [7, 11) is 0. The Labute approximate surface area is 197 Å². The fourth-order valence-electron chi connectivity index (χ4n) is 4.74. The number of hydrogen-bond acceptors (Lipinski definition) is 3. The molecule has 0 saturated carbocycles. The van der Waals surface area contributed by atoms with Gasteiger partial charge in [-0.25, -0.2) is 4.39 Å². The van der Waals surface area contributed by atoms with Crippen molar-refractivity contribution in [3.8, 4) is 0 Å². The van der Waals surface area contributed by atoms with Crippen LogP contribution in [0.5, 0.6) is 0 Å². The molecule has 0 N–H and O–H groups in total. The first-order valence-corrected chi connectivity index (χ1v) is 11.4. The van der Waals surface area contributed by atoms with E-state index in [0.29, 0.717) is 36.6 Å². The highest BCUT2D eigenvalue weighted by Gasteiger charge is 2.33. The van der Waals surface area contributed by atoms with Crippen molar-refractivity contribution < 1.29 is 18.4 Å². The predicted molar refractivity (Wildman–Crippen MR) is 127 cm³/mol. The van der Waals surface area contributed by atoms with E-state index >= 15 is 0 Å². The van der Waals surface area contributed by atoms with Crippen LogP contribution in [0.15, 0.2) is 77.4 Å². The Bertz CT molecular complexity index is 1330. The van der Waals surface area contributed by atoms with Crippen LogP contribution in [0.2, 0.25) is 0 Å². The summed E-state index contributed by atoms with van der Waals surface area (Å²) in [4.78, 5) is 30.1. The zero-order valence-corrected chi connectivity index (χ0v) is 19.1. The molecular weight excluding hydrogens is 433 g/mol. The average Bonchev–Trinajstić information content (AvgIpc) is 3.45. The number of carbonyl (C=O) groups is 2. The van der Waals surface area contributed by atoms with Crippen molar-refractivity contribution in [3.05, 3.63) is 95.6 Å². The lowest BCUT2D eigenvalue weighted by Crippen LogP contribution is -2.55. The maximum absolute atomic E-state index is 13.7. The Morgan fingerprint density at radius 1 is 1.00 bits per heavy atom. The van der Waals surface area contributed by atoms with Gasteiger partial charge in [-0.1, -0.05) is 30.3 Å².